The summed E-state index contributed by atoms with van der Waals surface area (Å²) in [7, 11) is 2.04. The normalized spacial score (nSPS) is 24.7. The van der Waals surface area contributed by atoms with Gasteiger partial charge in [-0.3, -0.25) is 5.32 Å². The lowest BCUT2D eigenvalue weighted by Gasteiger charge is -2.27. The van der Waals surface area contributed by atoms with Gasteiger partial charge in [-0.15, -0.1) is 0 Å². The van der Waals surface area contributed by atoms with E-state index in [0.717, 1.165) is 11.6 Å². The monoisotopic (exact) mass is 287 g/mol. The van der Waals surface area contributed by atoms with Crippen LogP contribution in [0.15, 0.2) is 35.2 Å². The number of aromatic nitrogens is 2. The van der Waals surface area contributed by atoms with Gasteiger partial charge in [0, 0.05) is 25.5 Å². The molecule has 0 bridgehead atoms. The van der Waals surface area contributed by atoms with Crippen LogP contribution in [0, 0.1) is 5.92 Å². The summed E-state index contributed by atoms with van der Waals surface area (Å²) in [6.45, 7) is 2.36. The number of hydrogen-bond acceptors (Lipinski definition) is 3. The fraction of sp³-hybridized carbons (Fsp3) is 0.588. The fourth-order valence-electron chi connectivity index (χ4n) is 3.35. The van der Waals surface area contributed by atoms with Gasteiger partial charge < -0.3 is 8.98 Å². The van der Waals surface area contributed by atoms with Gasteiger partial charge in [0.25, 0.3) is 0 Å². The minimum atomic E-state index is 0.0329. The zero-order valence-corrected chi connectivity index (χ0v) is 13.0. The lowest BCUT2D eigenvalue weighted by atomic mass is 9.95. The molecule has 1 N–H and O–H groups in total. The van der Waals surface area contributed by atoms with Gasteiger partial charge in [0.1, 0.15) is 17.6 Å². The number of rotatable bonds is 4. The third-order valence-electron chi connectivity index (χ3n) is 4.69. The molecule has 3 rings (SSSR count). The van der Waals surface area contributed by atoms with Gasteiger partial charge in [-0.1, -0.05) is 26.2 Å². The first-order valence-corrected chi connectivity index (χ1v) is 8.02. The van der Waals surface area contributed by atoms with Crippen LogP contribution < -0.4 is 5.32 Å². The summed E-state index contributed by atoms with van der Waals surface area (Å²) in [5.74, 6) is 2.66. The summed E-state index contributed by atoms with van der Waals surface area (Å²) >= 11 is 0. The average molecular weight is 287 g/mol. The highest BCUT2D eigenvalue weighted by Gasteiger charge is 2.27. The molecule has 3 unspecified atom stereocenters. The first kappa shape index (κ1) is 14.4. The van der Waals surface area contributed by atoms with E-state index in [1.807, 2.05) is 31.6 Å². The molecule has 0 amide bonds. The highest BCUT2D eigenvalue weighted by molar-refractivity contribution is 5.16. The number of hydrogen-bond donors (Lipinski definition) is 1. The Hall–Kier alpha value is -1.55. The standard InChI is InChI=1S/C17H25N3O/c1-13-7-4-3-5-8-14(13)19-16(15-9-6-12-21-15)17-18-10-11-20(17)2/h6,9-14,16,19H,3-5,7-8H2,1-2H3. The first-order valence-electron chi connectivity index (χ1n) is 8.02. The van der Waals surface area contributed by atoms with Crippen molar-refractivity contribution in [3.63, 3.8) is 0 Å². The van der Waals surface area contributed by atoms with Gasteiger partial charge in [0.05, 0.1) is 6.26 Å². The van der Waals surface area contributed by atoms with E-state index in [-0.39, 0.29) is 6.04 Å². The van der Waals surface area contributed by atoms with Gasteiger partial charge in [0.2, 0.25) is 0 Å². The summed E-state index contributed by atoms with van der Waals surface area (Å²) in [6.07, 6.45) is 12.2. The summed E-state index contributed by atoms with van der Waals surface area (Å²) in [6, 6.07) is 4.54. The lowest BCUT2D eigenvalue weighted by Crippen LogP contribution is -2.38. The summed E-state index contributed by atoms with van der Waals surface area (Å²) in [4.78, 5) is 4.53. The largest absolute Gasteiger partial charge is 0.467 e. The summed E-state index contributed by atoms with van der Waals surface area (Å²) < 4.78 is 7.74. The molecule has 3 atom stereocenters. The van der Waals surface area contributed by atoms with E-state index >= 15 is 0 Å². The Bertz CT molecular complexity index is 546. The SMILES string of the molecule is CC1CCCCCC1NC(c1ccco1)c1nccn1C. The molecule has 0 spiro atoms. The van der Waals surface area contributed by atoms with Crippen LogP contribution in [0.1, 0.15) is 56.7 Å². The van der Waals surface area contributed by atoms with Gasteiger partial charge in [0.15, 0.2) is 0 Å². The molecule has 2 aromatic heterocycles. The maximum absolute atomic E-state index is 5.67. The van der Waals surface area contributed by atoms with Crippen molar-refractivity contribution in [2.45, 2.75) is 51.1 Å². The van der Waals surface area contributed by atoms with Crippen LogP contribution in [0.4, 0.5) is 0 Å². The quantitative estimate of drug-likeness (QED) is 0.873. The molecule has 21 heavy (non-hydrogen) atoms. The average Bonchev–Trinajstić information content (AvgIpc) is 3.10. The number of imidazole rings is 1. The molecule has 0 saturated heterocycles. The molecular formula is C17H25N3O. The predicted molar refractivity (Wildman–Crippen MR) is 82.9 cm³/mol. The Morgan fingerprint density at radius 3 is 2.90 bits per heavy atom. The minimum absolute atomic E-state index is 0.0329. The number of furan rings is 1. The van der Waals surface area contributed by atoms with Crippen molar-refractivity contribution in [2.24, 2.45) is 13.0 Å². The van der Waals surface area contributed by atoms with E-state index in [9.17, 15) is 0 Å². The van der Waals surface area contributed by atoms with Gasteiger partial charge in [-0.2, -0.15) is 0 Å². The Morgan fingerprint density at radius 2 is 2.19 bits per heavy atom. The highest BCUT2D eigenvalue weighted by Crippen LogP contribution is 2.28. The number of nitrogens with one attached hydrogen (secondary N) is 1. The molecule has 2 aromatic rings. The Balaban J connectivity index is 1.84. The molecule has 0 radical (unpaired) electrons. The van der Waals surface area contributed by atoms with E-state index in [1.165, 1.54) is 32.1 Å². The van der Waals surface area contributed by atoms with E-state index < -0.39 is 0 Å². The molecule has 1 saturated carbocycles. The van der Waals surface area contributed by atoms with Gasteiger partial charge in [-0.25, -0.2) is 4.98 Å². The van der Waals surface area contributed by atoms with Crippen LogP contribution in [0.3, 0.4) is 0 Å². The smallest absolute Gasteiger partial charge is 0.133 e. The van der Waals surface area contributed by atoms with Crippen molar-refractivity contribution >= 4 is 0 Å². The fourth-order valence-corrected chi connectivity index (χ4v) is 3.35. The van der Waals surface area contributed by atoms with Crippen LogP contribution in [0.5, 0.6) is 0 Å². The zero-order valence-electron chi connectivity index (χ0n) is 13.0. The second kappa shape index (κ2) is 6.48. The molecule has 4 heteroatoms. The Kier molecular flexibility index (Phi) is 4.44. The predicted octanol–water partition coefficient (Wildman–Crippen LogP) is 3.66. The molecule has 114 valence electrons. The van der Waals surface area contributed by atoms with E-state index in [0.29, 0.717) is 12.0 Å². The van der Waals surface area contributed by atoms with Crippen molar-refractivity contribution < 1.29 is 4.42 Å². The minimum Gasteiger partial charge on any atom is -0.467 e. The second-order valence-corrected chi connectivity index (χ2v) is 6.23. The van der Waals surface area contributed by atoms with E-state index in [2.05, 4.69) is 21.8 Å². The van der Waals surface area contributed by atoms with E-state index in [4.69, 9.17) is 4.42 Å². The van der Waals surface area contributed by atoms with Crippen LogP contribution in [-0.2, 0) is 7.05 Å². The Labute approximate surface area is 126 Å². The zero-order chi connectivity index (χ0) is 14.7. The third-order valence-corrected chi connectivity index (χ3v) is 4.69. The molecule has 4 nitrogen and oxygen atoms in total. The Morgan fingerprint density at radius 1 is 1.33 bits per heavy atom. The van der Waals surface area contributed by atoms with Crippen molar-refractivity contribution in [3.8, 4) is 0 Å². The van der Waals surface area contributed by atoms with Crippen molar-refractivity contribution in [2.75, 3.05) is 0 Å². The van der Waals surface area contributed by atoms with Crippen LogP contribution in [0.25, 0.3) is 0 Å². The van der Waals surface area contributed by atoms with Crippen molar-refractivity contribution in [3.05, 3.63) is 42.4 Å². The van der Waals surface area contributed by atoms with Crippen LogP contribution in [-0.4, -0.2) is 15.6 Å². The number of aryl methyl sites for hydroxylation is 1. The van der Waals surface area contributed by atoms with Crippen molar-refractivity contribution in [1.29, 1.82) is 0 Å². The lowest BCUT2D eigenvalue weighted by molar-refractivity contribution is 0.310. The topological polar surface area (TPSA) is 43.0 Å². The van der Waals surface area contributed by atoms with Crippen molar-refractivity contribution in [1.82, 2.24) is 14.9 Å². The maximum atomic E-state index is 5.67. The third kappa shape index (κ3) is 3.21. The molecule has 0 aromatic carbocycles. The molecule has 2 heterocycles. The molecule has 1 aliphatic rings. The highest BCUT2D eigenvalue weighted by atomic mass is 16.3. The van der Waals surface area contributed by atoms with Gasteiger partial charge >= 0.3 is 0 Å². The summed E-state index contributed by atoms with van der Waals surface area (Å²) in [5, 5.41) is 3.81. The van der Waals surface area contributed by atoms with Gasteiger partial charge in [-0.05, 0) is 30.9 Å². The molecule has 1 fully saturated rings. The first-order chi connectivity index (χ1) is 10.3. The maximum Gasteiger partial charge on any atom is 0.133 e. The van der Waals surface area contributed by atoms with Crippen LogP contribution >= 0.6 is 0 Å². The molecular weight excluding hydrogens is 262 g/mol. The molecule has 0 aliphatic heterocycles. The number of nitrogens with zero attached hydrogens (tertiary/aromatic N) is 2. The molecule has 1 aliphatic carbocycles. The second-order valence-electron chi connectivity index (χ2n) is 6.23. The van der Waals surface area contributed by atoms with E-state index in [1.54, 1.807) is 6.26 Å². The summed E-state index contributed by atoms with van der Waals surface area (Å²) in [5.41, 5.74) is 0. The van der Waals surface area contributed by atoms with Crippen LogP contribution in [0.2, 0.25) is 0 Å².